The van der Waals surface area contributed by atoms with Crippen molar-refractivity contribution < 1.29 is 18.4 Å². The van der Waals surface area contributed by atoms with Gasteiger partial charge in [0, 0.05) is 37.8 Å². The maximum Gasteiger partial charge on any atom is 0.355 e. The van der Waals surface area contributed by atoms with Gasteiger partial charge in [0.2, 0.25) is 11.8 Å². The minimum Gasteiger partial charge on any atom is -0.350 e. The average Bonchev–Trinajstić information content (AvgIpc) is 3.01. The van der Waals surface area contributed by atoms with Crippen LogP contribution in [0.25, 0.3) is 28.0 Å². The van der Waals surface area contributed by atoms with Gasteiger partial charge in [-0.25, -0.2) is 33.1 Å². The second kappa shape index (κ2) is 12.0. The Hall–Kier alpha value is -4.72. The van der Waals surface area contributed by atoms with Crippen molar-refractivity contribution in [3.05, 3.63) is 71.1 Å². The lowest BCUT2D eigenvalue weighted by Gasteiger charge is -2.40. The molecule has 11 nitrogen and oxygen atoms in total. The zero-order valence-corrected chi connectivity index (χ0v) is 25.7. The zero-order valence-electron chi connectivity index (χ0n) is 24.9. The maximum atomic E-state index is 16.2. The van der Waals surface area contributed by atoms with Crippen molar-refractivity contribution >= 4 is 46.1 Å². The van der Waals surface area contributed by atoms with Crippen LogP contribution in [0.3, 0.4) is 0 Å². The summed E-state index contributed by atoms with van der Waals surface area (Å²) < 4.78 is 32.9. The van der Waals surface area contributed by atoms with Crippen molar-refractivity contribution in [2.45, 2.75) is 44.2 Å². The molecule has 2 amide bonds. The monoisotopic (exact) mass is 632 g/mol. The standard InChI is InChI=1S/C31H30F2N8O3S/c1-5-23(43)39-10-11-40(17(4)14-39)28-18-13-20(33)26-24-19(32)7-6-8-21(24)36-22(42)9-12-45-30-27(25(16(2)3)34-15-35-30)41(29(18)37-26)31(44)38-28/h5-8,13,15-17H,1,9-12,14H2,2-4H3,(H,36,42)/t17-/m1/s1. The molecule has 1 atom stereocenters. The van der Waals surface area contributed by atoms with Gasteiger partial charge in [0.25, 0.3) is 0 Å². The molecule has 2 bridgehead atoms. The van der Waals surface area contributed by atoms with E-state index in [2.05, 4.69) is 31.8 Å². The highest BCUT2D eigenvalue weighted by Crippen LogP contribution is 2.38. The fourth-order valence-electron chi connectivity index (χ4n) is 5.74. The number of nitrogens with zero attached hydrogens (tertiary/aromatic N) is 7. The Morgan fingerprint density at radius 2 is 1.96 bits per heavy atom. The van der Waals surface area contributed by atoms with E-state index in [9.17, 15) is 14.4 Å². The first-order valence-electron chi connectivity index (χ1n) is 14.5. The summed E-state index contributed by atoms with van der Waals surface area (Å²) in [7, 11) is 0. The second-order valence-electron chi connectivity index (χ2n) is 11.2. The van der Waals surface area contributed by atoms with Crippen molar-refractivity contribution in [1.82, 2.24) is 29.4 Å². The van der Waals surface area contributed by atoms with E-state index in [-0.39, 0.29) is 63.8 Å². The van der Waals surface area contributed by atoms with Crippen LogP contribution < -0.4 is 15.9 Å². The van der Waals surface area contributed by atoms with Crippen LogP contribution in [0.5, 0.6) is 0 Å². The number of fused-ring (bicyclic) bond motifs is 5. The molecule has 5 heterocycles. The van der Waals surface area contributed by atoms with Gasteiger partial charge in [0.15, 0.2) is 11.5 Å². The Bertz CT molecular complexity index is 1930. The molecule has 232 valence electrons. The largest absolute Gasteiger partial charge is 0.355 e. The third kappa shape index (κ3) is 5.43. The van der Waals surface area contributed by atoms with E-state index in [0.717, 1.165) is 6.07 Å². The summed E-state index contributed by atoms with van der Waals surface area (Å²) in [6.07, 6.45) is 2.68. The van der Waals surface area contributed by atoms with Gasteiger partial charge in [-0.3, -0.25) is 9.59 Å². The summed E-state index contributed by atoms with van der Waals surface area (Å²) in [6, 6.07) is 4.93. The highest BCUT2D eigenvalue weighted by atomic mass is 32.2. The van der Waals surface area contributed by atoms with Crippen LogP contribution >= 0.6 is 11.8 Å². The predicted octanol–water partition coefficient (Wildman–Crippen LogP) is 4.30. The fourth-order valence-corrected chi connectivity index (χ4v) is 6.67. The summed E-state index contributed by atoms with van der Waals surface area (Å²) >= 11 is 1.26. The van der Waals surface area contributed by atoms with Crippen LogP contribution in [-0.2, 0) is 9.59 Å². The fraction of sp³-hybridized carbons (Fsp3) is 0.323. The zero-order chi connectivity index (χ0) is 32.0. The molecule has 6 rings (SSSR count). The number of nitrogens with one attached hydrogen (secondary N) is 1. The van der Waals surface area contributed by atoms with Gasteiger partial charge < -0.3 is 15.1 Å². The van der Waals surface area contributed by atoms with Gasteiger partial charge in [0.05, 0.1) is 22.3 Å². The highest BCUT2D eigenvalue weighted by Gasteiger charge is 2.32. The molecule has 0 aliphatic carbocycles. The van der Waals surface area contributed by atoms with Crippen molar-refractivity contribution in [3.63, 3.8) is 0 Å². The average molecular weight is 633 g/mol. The molecule has 0 radical (unpaired) electrons. The summed E-state index contributed by atoms with van der Waals surface area (Å²) in [6.45, 7) is 10.2. The molecule has 0 unspecified atom stereocenters. The molecule has 1 saturated heterocycles. The summed E-state index contributed by atoms with van der Waals surface area (Å²) in [4.78, 5) is 60.9. The first-order valence-corrected chi connectivity index (χ1v) is 15.5. The van der Waals surface area contributed by atoms with Gasteiger partial charge in [-0.2, -0.15) is 4.98 Å². The van der Waals surface area contributed by atoms with Crippen LogP contribution in [0, 0.1) is 11.6 Å². The SMILES string of the molecule is C=CC(=O)N1CCN(c2nc(=O)n3c4nc(c(F)cc24)-c2c(F)cccc2NC(=O)CCSc2ncnc(C(C)C)c2-3)[C@H](C)C1. The Morgan fingerprint density at radius 3 is 2.69 bits per heavy atom. The number of rotatable bonds is 3. The second-order valence-corrected chi connectivity index (χ2v) is 12.2. The molecule has 3 aromatic heterocycles. The number of thioether (sulfide) groups is 1. The highest BCUT2D eigenvalue weighted by molar-refractivity contribution is 7.99. The molecule has 1 fully saturated rings. The van der Waals surface area contributed by atoms with Crippen molar-refractivity contribution in [2.75, 3.05) is 35.6 Å². The summed E-state index contributed by atoms with van der Waals surface area (Å²) in [5.41, 5.74) is -0.421. The Kier molecular flexibility index (Phi) is 8.08. The third-order valence-corrected chi connectivity index (χ3v) is 8.85. The van der Waals surface area contributed by atoms with E-state index in [1.165, 1.54) is 46.9 Å². The number of carbonyl (C=O) groups excluding carboxylic acids is 2. The van der Waals surface area contributed by atoms with E-state index in [1.807, 2.05) is 25.7 Å². The molecule has 1 aromatic carbocycles. The molecule has 1 N–H and O–H groups in total. The van der Waals surface area contributed by atoms with Crippen LogP contribution in [0.2, 0.25) is 0 Å². The minimum atomic E-state index is -0.873. The van der Waals surface area contributed by atoms with Gasteiger partial charge in [-0.15, -0.1) is 11.8 Å². The molecule has 0 saturated carbocycles. The maximum absolute atomic E-state index is 16.2. The lowest BCUT2D eigenvalue weighted by atomic mass is 10.1. The quantitative estimate of drug-likeness (QED) is 0.260. The molecule has 2 aliphatic rings. The predicted molar refractivity (Wildman–Crippen MR) is 168 cm³/mol. The Balaban J connectivity index is 1.69. The number of carbonyl (C=O) groups is 2. The van der Waals surface area contributed by atoms with Crippen LogP contribution in [0.15, 0.2) is 53.1 Å². The number of benzene rings is 1. The number of hydrogen-bond acceptors (Lipinski definition) is 9. The summed E-state index contributed by atoms with van der Waals surface area (Å²) in [5.74, 6) is -1.99. The van der Waals surface area contributed by atoms with Gasteiger partial charge in [-0.05, 0) is 37.1 Å². The number of pyridine rings is 1. The van der Waals surface area contributed by atoms with Crippen molar-refractivity contribution in [3.8, 4) is 16.9 Å². The number of amides is 2. The van der Waals surface area contributed by atoms with Crippen LogP contribution in [-0.4, -0.2) is 72.6 Å². The number of aromatic nitrogens is 5. The first kappa shape index (κ1) is 30.3. The number of hydrogen-bond donors (Lipinski definition) is 1. The normalized spacial score (nSPS) is 16.8. The third-order valence-electron chi connectivity index (χ3n) is 7.87. The number of piperazine rings is 1. The smallest absolute Gasteiger partial charge is 0.350 e. The van der Waals surface area contributed by atoms with E-state index in [1.54, 1.807) is 4.90 Å². The van der Waals surface area contributed by atoms with Crippen molar-refractivity contribution in [1.29, 1.82) is 0 Å². The molecule has 4 aromatic rings. The molecular formula is C31H30F2N8O3S. The number of anilines is 2. The van der Waals surface area contributed by atoms with Crippen LogP contribution in [0.1, 0.15) is 38.8 Å². The van der Waals surface area contributed by atoms with E-state index >= 15 is 8.78 Å². The van der Waals surface area contributed by atoms with E-state index in [0.29, 0.717) is 36.0 Å². The molecule has 45 heavy (non-hydrogen) atoms. The van der Waals surface area contributed by atoms with E-state index in [4.69, 9.17) is 0 Å². The Morgan fingerprint density at radius 1 is 1.16 bits per heavy atom. The topological polar surface area (TPSA) is 126 Å². The molecular weight excluding hydrogens is 602 g/mol. The lowest BCUT2D eigenvalue weighted by Crippen LogP contribution is -2.54. The van der Waals surface area contributed by atoms with Gasteiger partial charge in [-0.1, -0.05) is 26.5 Å². The first-order chi connectivity index (χ1) is 21.6. The van der Waals surface area contributed by atoms with Gasteiger partial charge in [0.1, 0.15) is 34.4 Å². The molecule has 2 aliphatic heterocycles. The summed E-state index contributed by atoms with van der Waals surface area (Å²) in [5, 5.41) is 3.32. The Labute approximate surface area is 261 Å². The lowest BCUT2D eigenvalue weighted by molar-refractivity contribution is -0.126. The minimum absolute atomic E-state index is 0.0246. The molecule has 0 spiro atoms. The molecule has 14 heteroatoms. The van der Waals surface area contributed by atoms with Crippen molar-refractivity contribution in [2.24, 2.45) is 0 Å². The number of halogens is 2. The van der Waals surface area contributed by atoms with E-state index < -0.39 is 23.2 Å². The van der Waals surface area contributed by atoms with Gasteiger partial charge >= 0.3 is 5.69 Å². The van der Waals surface area contributed by atoms with Crippen LogP contribution in [0.4, 0.5) is 20.3 Å².